The summed E-state index contributed by atoms with van der Waals surface area (Å²) in [7, 11) is 0. The minimum atomic E-state index is -5.09. The lowest BCUT2D eigenvalue weighted by Gasteiger charge is -2.44. The largest absolute Gasteiger partial charge is 0.481 e. The van der Waals surface area contributed by atoms with Gasteiger partial charge in [0.05, 0.1) is 6.42 Å². The van der Waals surface area contributed by atoms with Gasteiger partial charge in [-0.15, -0.1) is 0 Å². The van der Waals surface area contributed by atoms with Crippen LogP contribution in [0, 0.1) is 5.92 Å². The Balaban J connectivity index is 1.44. The van der Waals surface area contributed by atoms with E-state index in [9.17, 15) is 27.6 Å². The summed E-state index contributed by atoms with van der Waals surface area (Å²) in [5.74, 6) is -3.21. The first-order chi connectivity index (χ1) is 16.0. The lowest BCUT2D eigenvalue weighted by molar-refractivity contribution is -0.203. The SMILES string of the molecule is CC(NC(=O)OCC1c2ccccc2-c2ccccc21)(C(=O)N1CC(CC(=O)O)C1)C(F)(F)F. The van der Waals surface area contributed by atoms with Crippen LogP contribution in [0.5, 0.6) is 0 Å². The minimum Gasteiger partial charge on any atom is -0.481 e. The molecule has 2 aliphatic rings. The number of halogens is 3. The first kappa shape index (κ1) is 23.6. The van der Waals surface area contributed by atoms with Crippen molar-refractivity contribution >= 4 is 18.0 Å². The minimum absolute atomic E-state index is 0.122. The number of carbonyl (C=O) groups is 3. The molecule has 180 valence electrons. The van der Waals surface area contributed by atoms with E-state index in [4.69, 9.17) is 9.84 Å². The molecule has 0 radical (unpaired) electrons. The van der Waals surface area contributed by atoms with E-state index in [1.165, 1.54) is 0 Å². The van der Waals surface area contributed by atoms with Crippen molar-refractivity contribution in [2.45, 2.75) is 31.0 Å². The second kappa shape index (κ2) is 8.66. The van der Waals surface area contributed by atoms with Crippen molar-refractivity contribution in [2.75, 3.05) is 19.7 Å². The van der Waals surface area contributed by atoms with Gasteiger partial charge in [0, 0.05) is 24.9 Å². The predicted molar refractivity (Wildman–Crippen MR) is 115 cm³/mol. The Hall–Kier alpha value is -3.56. The van der Waals surface area contributed by atoms with E-state index in [0.29, 0.717) is 6.92 Å². The molecule has 7 nitrogen and oxygen atoms in total. The number of hydrogen-bond acceptors (Lipinski definition) is 4. The molecule has 0 saturated carbocycles. The molecule has 2 aromatic carbocycles. The average molecular weight is 476 g/mol. The number of alkyl carbamates (subject to hydrolysis) is 1. The highest BCUT2D eigenvalue weighted by molar-refractivity contribution is 5.91. The third kappa shape index (κ3) is 4.20. The third-order valence-corrected chi connectivity index (χ3v) is 6.40. The van der Waals surface area contributed by atoms with E-state index in [2.05, 4.69) is 0 Å². The van der Waals surface area contributed by atoms with Gasteiger partial charge in [0.15, 0.2) is 0 Å². The highest BCUT2D eigenvalue weighted by atomic mass is 19.4. The van der Waals surface area contributed by atoms with Crippen molar-refractivity contribution in [2.24, 2.45) is 5.92 Å². The Morgan fingerprint density at radius 3 is 2.06 bits per heavy atom. The Kier molecular flexibility index (Phi) is 6.01. The van der Waals surface area contributed by atoms with Crippen LogP contribution < -0.4 is 5.32 Å². The highest BCUT2D eigenvalue weighted by Gasteiger charge is 2.60. The third-order valence-electron chi connectivity index (χ3n) is 6.40. The number of fused-ring (bicyclic) bond motifs is 3. The molecule has 2 N–H and O–H groups in total. The van der Waals surface area contributed by atoms with Gasteiger partial charge in [-0.1, -0.05) is 48.5 Å². The number of likely N-dealkylation sites (tertiary alicyclic amines) is 1. The van der Waals surface area contributed by atoms with E-state index in [1.807, 2.05) is 48.5 Å². The van der Waals surface area contributed by atoms with Gasteiger partial charge in [-0.2, -0.15) is 13.2 Å². The molecule has 1 heterocycles. The number of rotatable bonds is 6. The first-order valence-electron chi connectivity index (χ1n) is 10.7. The van der Waals surface area contributed by atoms with E-state index < -0.39 is 35.6 Å². The number of carbonyl (C=O) groups excluding carboxylic acids is 2. The Bertz CT molecular complexity index is 1080. The number of amides is 2. The second-order valence-corrected chi connectivity index (χ2v) is 8.75. The van der Waals surface area contributed by atoms with E-state index in [-0.39, 0.29) is 32.0 Å². The summed E-state index contributed by atoms with van der Waals surface area (Å²) in [6, 6.07) is 15.0. The van der Waals surface area contributed by atoms with Gasteiger partial charge in [0.2, 0.25) is 5.54 Å². The summed E-state index contributed by atoms with van der Waals surface area (Å²) >= 11 is 0. The van der Waals surface area contributed by atoms with Gasteiger partial charge < -0.3 is 14.7 Å². The fourth-order valence-corrected chi connectivity index (χ4v) is 4.51. The van der Waals surface area contributed by atoms with Crippen LogP contribution in [0.1, 0.15) is 30.4 Å². The number of hydrogen-bond donors (Lipinski definition) is 2. The summed E-state index contributed by atoms with van der Waals surface area (Å²) in [5.41, 5.74) is 0.531. The summed E-state index contributed by atoms with van der Waals surface area (Å²) in [5, 5.41) is 10.5. The van der Waals surface area contributed by atoms with Crippen LogP contribution in [0.3, 0.4) is 0 Å². The van der Waals surface area contributed by atoms with E-state index >= 15 is 0 Å². The quantitative estimate of drug-likeness (QED) is 0.662. The van der Waals surface area contributed by atoms with Gasteiger partial charge in [0.25, 0.3) is 5.91 Å². The molecule has 0 bridgehead atoms. The summed E-state index contributed by atoms with van der Waals surface area (Å²) < 4.78 is 46.8. The number of benzene rings is 2. The van der Waals surface area contributed by atoms with Gasteiger partial charge in [0.1, 0.15) is 6.61 Å². The standard InChI is InChI=1S/C24H23F3N2O5/c1-23(24(25,26)27,21(32)29-11-14(12-29)10-20(30)31)28-22(33)34-13-19-17-8-4-2-6-15(17)16-7-3-5-9-18(16)19/h2-9,14,19H,10-13H2,1H3,(H,28,33)(H,30,31). The maximum Gasteiger partial charge on any atom is 0.420 e. The van der Waals surface area contributed by atoms with Gasteiger partial charge in [-0.3, -0.25) is 14.9 Å². The predicted octanol–water partition coefficient (Wildman–Crippen LogP) is 3.78. The van der Waals surface area contributed by atoms with Crippen LogP contribution in [-0.2, 0) is 14.3 Å². The Labute approximate surface area is 193 Å². The van der Waals surface area contributed by atoms with E-state index in [1.54, 1.807) is 5.32 Å². The zero-order chi connectivity index (χ0) is 24.7. The Morgan fingerprint density at radius 2 is 1.56 bits per heavy atom. The maximum atomic E-state index is 13.9. The molecule has 4 rings (SSSR count). The smallest absolute Gasteiger partial charge is 0.420 e. The van der Waals surface area contributed by atoms with Crippen molar-refractivity contribution in [3.8, 4) is 11.1 Å². The van der Waals surface area contributed by atoms with E-state index in [0.717, 1.165) is 27.2 Å². The highest BCUT2D eigenvalue weighted by Crippen LogP contribution is 2.44. The fourth-order valence-electron chi connectivity index (χ4n) is 4.51. The molecule has 1 fully saturated rings. The molecular formula is C24H23F3N2O5. The van der Waals surface area contributed by atoms with Crippen LogP contribution in [0.25, 0.3) is 11.1 Å². The van der Waals surface area contributed by atoms with Gasteiger partial charge >= 0.3 is 18.2 Å². The molecule has 10 heteroatoms. The van der Waals surface area contributed by atoms with Crippen LogP contribution >= 0.6 is 0 Å². The summed E-state index contributed by atoms with van der Waals surface area (Å²) in [6.07, 6.45) is -6.70. The molecule has 1 aliphatic carbocycles. The normalized spacial score (nSPS) is 17.2. The molecule has 0 spiro atoms. The van der Waals surface area contributed by atoms with Crippen molar-refractivity contribution < 1.29 is 37.4 Å². The number of nitrogens with one attached hydrogen (secondary N) is 1. The van der Waals surface area contributed by atoms with Crippen LogP contribution in [-0.4, -0.2) is 59.4 Å². The number of carboxylic acid groups (broad SMARTS) is 1. The van der Waals surface area contributed by atoms with Crippen molar-refractivity contribution in [1.82, 2.24) is 10.2 Å². The maximum absolute atomic E-state index is 13.9. The molecule has 2 aromatic rings. The lowest BCUT2D eigenvalue weighted by atomic mass is 9.91. The summed E-state index contributed by atoms with van der Waals surface area (Å²) in [4.78, 5) is 36.7. The second-order valence-electron chi connectivity index (χ2n) is 8.75. The van der Waals surface area contributed by atoms with Crippen molar-refractivity contribution in [3.05, 3.63) is 59.7 Å². The zero-order valence-electron chi connectivity index (χ0n) is 18.3. The Morgan fingerprint density at radius 1 is 1.03 bits per heavy atom. The monoisotopic (exact) mass is 476 g/mol. The number of carboxylic acids is 1. The molecule has 1 aliphatic heterocycles. The molecule has 1 saturated heterocycles. The molecule has 34 heavy (non-hydrogen) atoms. The topological polar surface area (TPSA) is 95.9 Å². The van der Waals surface area contributed by atoms with Crippen molar-refractivity contribution in [1.29, 1.82) is 0 Å². The zero-order valence-corrected chi connectivity index (χ0v) is 18.3. The number of alkyl halides is 3. The number of aliphatic carboxylic acids is 1. The first-order valence-corrected chi connectivity index (χ1v) is 10.7. The fraction of sp³-hybridized carbons (Fsp3) is 0.375. The van der Waals surface area contributed by atoms with Crippen LogP contribution in [0.2, 0.25) is 0 Å². The van der Waals surface area contributed by atoms with Gasteiger partial charge in [-0.05, 0) is 29.2 Å². The molecule has 0 aromatic heterocycles. The lowest BCUT2D eigenvalue weighted by Crippen LogP contribution is -2.69. The molecule has 1 unspecified atom stereocenters. The van der Waals surface area contributed by atoms with Crippen LogP contribution in [0.4, 0.5) is 18.0 Å². The molecule has 1 atom stereocenters. The molecule has 2 amide bonds. The summed E-state index contributed by atoms with van der Waals surface area (Å²) in [6.45, 7) is 0.139. The molecular weight excluding hydrogens is 453 g/mol. The van der Waals surface area contributed by atoms with Gasteiger partial charge in [-0.25, -0.2) is 4.79 Å². The number of nitrogens with zero attached hydrogens (tertiary/aromatic N) is 1. The number of ether oxygens (including phenoxy) is 1. The van der Waals surface area contributed by atoms with Crippen molar-refractivity contribution in [3.63, 3.8) is 0 Å². The van der Waals surface area contributed by atoms with Crippen LogP contribution in [0.15, 0.2) is 48.5 Å². The average Bonchev–Trinajstić information content (AvgIpc) is 3.07.